The van der Waals surface area contributed by atoms with E-state index in [-0.39, 0.29) is 0 Å². The van der Waals surface area contributed by atoms with E-state index in [1.54, 1.807) is 21.3 Å². The lowest BCUT2D eigenvalue weighted by molar-refractivity contribution is 0.355. The van der Waals surface area contributed by atoms with Gasteiger partial charge in [-0.2, -0.15) is 5.10 Å². The zero-order valence-corrected chi connectivity index (χ0v) is 17.2. The number of methoxy groups -OCH3 is 3. The van der Waals surface area contributed by atoms with Crippen LogP contribution in [0.3, 0.4) is 0 Å². The molecular weight excluding hydrogens is 366 g/mol. The Morgan fingerprint density at radius 3 is 2.10 bits per heavy atom. The number of fused-ring (bicyclic) bond motifs is 1. The third-order valence-electron chi connectivity index (χ3n) is 4.95. The minimum atomic E-state index is 0.673. The van der Waals surface area contributed by atoms with E-state index in [1.807, 2.05) is 66.9 Å². The smallest absolute Gasteiger partial charge is 0.164 e. The summed E-state index contributed by atoms with van der Waals surface area (Å²) in [6.07, 6.45) is 0. The Labute approximate surface area is 169 Å². The molecule has 0 aliphatic carbocycles. The predicted molar refractivity (Wildman–Crippen MR) is 113 cm³/mol. The van der Waals surface area contributed by atoms with Gasteiger partial charge in [0.25, 0.3) is 0 Å². The number of benzene rings is 2. The van der Waals surface area contributed by atoms with E-state index in [4.69, 9.17) is 24.3 Å². The van der Waals surface area contributed by atoms with Crippen molar-refractivity contribution < 1.29 is 14.2 Å². The summed E-state index contributed by atoms with van der Waals surface area (Å²) in [6.45, 7) is 3.99. The van der Waals surface area contributed by atoms with Crippen LogP contribution in [0.2, 0.25) is 0 Å². The van der Waals surface area contributed by atoms with Crippen molar-refractivity contribution in [1.29, 1.82) is 0 Å². The summed E-state index contributed by atoms with van der Waals surface area (Å²) in [6, 6.07) is 15.9. The lowest BCUT2D eigenvalue weighted by atomic mass is 10.0. The van der Waals surface area contributed by atoms with Crippen LogP contribution in [0, 0.1) is 13.8 Å². The maximum atomic E-state index is 5.48. The molecule has 6 heteroatoms. The van der Waals surface area contributed by atoms with Gasteiger partial charge in [0.15, 0.2) is 17.1 Å². The Balaban J connectivity index is 1.93. The van der Waals surface area contributed by atoms with E-state index in [0.29, 0.717) is 11.5 Å². The minimum Gasteiger partial charge on any atom is -0.497 e. The van der Waals surface area contributed by atoms with Gasteiger partial charge < -0.3 is 14.2 Å². The van der Waals surface area contributed by atoms with Gasteiger partial charge >= 0.3 is 0 Å². The van der Waals surface area contributed by atoms with E-state index in [0.717, 1.165) is 45.2 Å². The van der Waals surface area contributed by atoms with E-state index in [1.165, 1.54) is 0 Å². The normalized spacial score (nSPS) is 10.9. The highest BCUT2D eigenvalue weighted by atomic mass is 16.5. The SMILES string of the molecule is COc1ccc(-c2cc(C)nc3c(-c4ccc(OC)c(OC)c4)c(C)nn23)cc1. The molecule has 4 rings (SSSR count). The van der Waals surface area contributed by atoms with Crippen molar-refractivity contribution in [2.24, 2.45) is 0 Å². The van der Waals surface area contributed by atoms with Crippen LogP contribution in [0.4, 0.5) is 0 Å². The van der Waals surface area contributed by atoms with Crippen molar-refractivity contribution in [1.82, 2.24) is 14.6 Å². The number of ether oxygens (including phenoxy) is 3. The zero-order valence-electron chi connectivity index (χ0n) is 17.2. The standard InChI is InChI=1S/C23H23N3O3/c1-14-12-19(16-6-9-18(27-3)10-7-16)26-23(24-14)22(15(2)25-26)17-8-11-20(28-4)21(13-17)29-5/h6-13H,1-5H3. The molecule has 0 bridgehead atoms. The van der Waals surface area contributed by atoms with Crippen molar-refractivity contribution in [3.05, 3.63) is 59.9 Å². The number of hydrogen-bond donors (Lipinski definition) is 0. The number of rotatable bonds is 5. The first kappa shape index (κ1) is 18.8. The van der Waals surface area contributed by atoms with Gasteiger partial charge in [-0.05, 0) is 61.9 Å². The maximum Gasteiger partial charge on any atom is 0.164 e. The first-order valence-electron chi connectivity index (χ1n) is 9.29. The average molecular weight is 389 g/mol. The van der Waals surface area contributed by atoms with Crippen LogP contribution in [0.5, 0.6) is 17.2 Å². The zero-order chi connectivity index (χ0) is 20.5. The summed E-state index contributed by atoms with van der Waals surface area (Å²) in [7, 11) is 4.93. The lowest BCUT2D eigenvalue weighted by Gasteiger charge is -2.10. The van der Waals surface area contributed by atoms with Crippen molar-refractivity contribution in [3.63, 3.8) is 0 Å². The van der Waals surface area contributed by atoms with E-state index in [2.05, 4.69) is 0 Å². The molecule has 0 saturated heterocycles. The number of aromatic nitrogens is 3. The number of nitrogens with zero attached hydrogens (tertiary/aromatic N) is 3. The van der Waals surface area contributed by atoms with Gasteiger partial charge in [-0.1, -0.05) is 6.07 Å². The van der Waals surface area contributed by atoms with Crippen LogP contribution in [-0.2, 0) is 0 Å². The number of hydrogen-bond acceptors (Lipinski definition) is 5. The lowest BCUT2D eigenvalue weighted by Crippen LogP contribution is -1.98. The topological polar surface area (TPSA) is 57.9 Å². The molecule has 148 valence electrons. The Morgan fingerprint density at radius 1 is 0.759 bits per heavy atom. The Hall–Kier alpha value is -3.54. The molecule has 2 aromatic heterocycles. The third kappa shape index (κ3) is 3.27. The molecule has 0 unspecified atom stereocenters. The highest BCUT2D eigenvalue weighted by molar-refractivity contribution is 5.83. The second-order valence-corrected chi connectivity index (χ2v) is 6.78. The van der Waals surface area contributed by atoms with Gasteiger partial charge in [0.2, 0.25) is 0 Å². The van der Waals surface area contributed by atoms with Crippen LogP contribution in [0.1, 0.15) is 11.4 Å². The van der Waals surface area contributed by atoms with Crippen LogP contribution >= 0.6 is 0 Å². The molecule has 0 radical (unpaired) electrons. The first-order valence-corrected chi connectivity index (χ1v) is 9.29. The Bertz CT molecular complexity index is 1180. The van der Waals surface area contributed by atoms with E-state index in [9.17, 15) is 0 Å². The molecule has 0 fully saturated rings. The van der Waals surface area contributed by atoms with E-state index >= 15 is 0 Å². The summed E-state index contributed by atoms with van der Waals surface area (Å²) in [5.41, 5.74) is 6.60. The average Bonchev–Trinajstić information content (AvgIpc) is 3.08. The summed E-state index contributed by atoms with van der Waals surface area (Å²) in [4.78, 5) is 4.79. The first-order chi connectivity index (χ1) is 14.0. The largest absolute Gasteiger partial charge is 0.497 e. The van der Waals surface area contributed by atoms with Crippen molar-refractivity contribution in [2.75, 3.05) is 21.3 Å². The van der Waals surface area contributed by atoms with E-state index < -0.39 is 0 Å². The second kappa shape index (κ2) is 7.47. The minimum absolute atomic E-state index is 0.673. The fourth-order valence-electron chi connectivity index (χ4n) is 3.54. The molecule has 0 saturated carbocycles. The van der Waals surface area contributed by atoms with Gasteiger partial charge in [-0.3, -0.25) is 0 Å². The maximum absolute atomic E-state index is 5.48. The highest BCUT2D eigenvalue weighted by Gasteiger charge is 2.18. The van der Waals surface area contributed by atoms with Gasteiger partial charge in [0, 0.05) is 16.8 Å². The second-order valence-electron chi connectivity index (χ2n) is 6.78. The van der Waals surface area contributed by atoms with Crippen molar-refractivity contribution in [2.45, 2.75) is 13.8 Å². The molecule has 0 spiro atoms. The Morgan fingerprint density at radius 2 is 1.45 bits per heavy atom. The highest BCUT2D eigenvalue weighted by Crippen LogP contribution is 2.36. The fraction of sp³-hybridized carbons (Fsp3) is 0.217. The third-order valence-corrected chi connectivity index (χ3v) is 4.95. The fourth-order valence-corrected chi connectivity index (χ4v) is 3.54. The molecule has 0 aliphatic rings. The van der Waals surface area contributed by atoms with Crippen LogP contribution < -0.4 is 14.2 Å². The van der Waals surface area contributed by atoms with Gasteiger partial charge in [-0.15, -0.1) is 0 Å². The quantitative estimate of drug-likeness (QED) is 0.495. The Kier molecular flexibility index (Phi) is 4.84. The van der Waals surface area contributed by atoms with Gasteiger partial charge in [-0.25, -0.2) is 9.50 Å². The molecule has 0 atom stereocenters. The van der Waals surface area contributed by atoms with Crippen molar-refractivity contribution >= 4 is 5.65 Å². The van der Waals surface area contributed by atoms with Crippen LogP contribution in [-0.4, -0.2) is 35.9 Å². The monoisotopic (exact) mass is 389 g/mol. The summed E-state index contributed by atoms with van der Waals surface area (Å²) >= 11 is 0. The number of aryl methyl sites for hydroxylation is 2. The molecule has 0 amide bonds. The molecule has 0 aliphatic heterocycles. The molecule has 2 aromatic carbocycles. The van der Waals surface area contributed by atoms with Gasteiger partial charge in [0.1, 0.15) is 5.75 Å². The summed E-state index contributed by atoms with van der Waals surface area (Å²) in [5.74, 6) is 2.18. The van der Waals surface area contributed by atoms with Gasteiger partial charge in [0.05, 0.1) is 32.7 Å². The molecule has 2 heterocycles. The summed E-state index contributed by atoms with van der Waals surface area (Å²) < 4.78 is 18.0. The molecule has 29 heavy (non-hydrogen) atoms. The molecule has 0 N–H and O–H groups in total. The predicted octanol–water partition coefficient (Wildman–Crippen LogP) is 4.71. The summed E-state index contributed by atoms with van der Waals surface area (Å²) in [5, 5.41) is 4.80. The molecule has 4 aromatic rings. The molecule has 6 nitrogen and oxygen atoms in total. The van der Waals surface area contributed by atoms with Crippen molar-refractivity contribution in [3.8, 4) is 39.6 Å². The van der Waals surface area contributed by atoms with Crippen LogP contribution in [0.15, 0.2) is 48.5 Å². The molecular formula is C23H23N3O3. The van der Waals surface area contributed by atoms with Crippen LogP contribution in [0.25, 0.3) is 28.0 Å².